The van der Waals surface area contributed by atoms with E-state index >= 15 is 0 Å². The molecule has 0 radical (unpaired) electrons. The summed E-state index contributed by atoms with van der Waals surface area (Å²) >= 11 is 3.66. The molecule has 0 N–H and O–H groups in total. The minimum atomic E-state index is -0.102. The van der Waals surface area contributed by atoms with Gasteiger partial charge < -0.3 is 14.0 Å². The van der Waals surface area contributed by atoms with Crippen LogP contribution < -0.4 is 0 Å². The van der Waals surface area contributed by atoms with E-state index in [4.69, 9.17) is 19.0 Å². The zero-order valence-corrected chi connectivity index (χ0v) is 14.9. The zero-order chi connectivity index (χ0) is 16.1. The molecule has 126 valence electrons. The lowest BCUT2D eigenvalue weighted by atomic mass is 9.87. The number of aromatic nitrogens is 2. The first-order valence-electron chi connectivity index (χ1n) is 8.56. The van der Waals surface area contributed by atoms with Gasteiger partial charge in [0.25, 0.3) is 5.89 Å². The van der Waals surface area contributed by atoms with Crippen LogP contribution in [0.4, 0.5) is 0 Å². The fourth-order valence-corrected chi connectivity index (χ4v) is 4.79. The standard InChI is InChI=1S/C18H19BrN2O3/c19-14-4-2-1-3-13(14)18(6-7-18)17-20-16(24-21-17)15-12-5-8-22-9-11(12)10-23-15/h1-4,11-12,15H,5-10H2/t11-,12-,15+/m0/s1. The van der Waals surface area contributed by atoms with Crippen molar-refractivity contribution in [1.82, 2.24) is 10.1 Å². The molecular formula is C18H19BrN2O3. The maximum Gasteiger partial charge on any atom is 0.256 e. The average molecular weight is 391 g/mol. The SMILES string of the molecule is Brc1ccccc1C1(c2noc([C@@H]3OC[C@@H]4COCC[C@@H]43)n2)CC1. The van der Waals surface area contributed by atoms with E-state index in [1.807, 2.05) is 6.07 Å². The Kier molecular flexibility index (Phi) is 3.54. The molecule has 0 amide bonds. The van der Waals surface area contributed by atoms with Gasteiger partial charge in [-0.25, -0.2) is 0 Å². The Labute approximate surface area is 148 Å². The summed E-state index contributed by atoms with van der Waals surface area (Å²) in [4.78, 5) is 4.77. The van der Waals surface area contributed by atoms with Crippen LogP contribution in [0.5, 0.6) is 0 Å². The average Bonchev–Trinajstić information content (AvgIpc) is 3.07. The van der Waals surface area contributed by atoms with Gasteiger partial charge in [0.05, 0.1) is 18.6 Å². The van der Waals surface area contributed by atoms with Crippen molar-refractivity contribution >= 4 is 15.9 Å². The van der Waals surface area contributed by atoms with Crippen LogP contribution in [0, 0.1) is 11.8 Å². The topological polar surface area (TPSA) is 57.4 Å². The number of nitrogens with zero attached hydrogens (tertiary/aromatic N) is 2. The summed E-state index contributed by atoms with van der Waals surface area (Å²) in [6.07, 6.45) is 3.04. The van der Waals surface area contributed by atoms with Gasteiger partial charge >= 0.3 is 0 Å². The number of ether oxygens (including phenoxy) is 2. The van der Waals surface area contributed by atoms with E-state index in [0.717, 1.165) is 49.4 Å². The molecule has 24 heavy (non-hydrogen) atoms. The van der Waals surface area contributed by atoms with Gasteiger partial charge in [-0.1, -0.05) is 39.3 Å². The highest BCUT2D eigenvalue weighted by Gasteiger charge is 2.52. The van der Waals surface area contributed by atoms with Crippen LogP contribution in [-0.4, -0.2) is 30.0 Å². The number of hydrogen-bond acceptors (Lipinski definition) is 5. The Bertz CT molecular complexity index is 758. The maximum atomic E-state index is 5.98. The predicted octanol–water partition coefficient (Wildman–Crippen LogP) is 3.64. The van der Waals surface area contributed by atoms with Crippen LogP contribution in [0.3, 0.4) is 0 Å². The third-order valence-electron chi connectivity index (χ3n) is 5.66. The van der Waals surface area contributed by atoms with E-state index in [1.54, 1.807) is 0 Å². The van der Waals surface area contributed by atoms with Crippen LogP contribution in [0.2, 0.25) is 0 Å². The summed E-state index contributed by atoms with van der Waals surface area (Å²) in [5.41, 5.74) is 1.14. The largest absolute Gasteiger partial charge is 0.381 e. The molecule has 3 fully saturated rings. The van der Waals surface area contributed by atoms with Crippen molar-refractivity contribution in [3.63, 3.8) is 0 Å². The fourth-order valence-electron chi connectivity index (χ4n) is 4.12. The normalized spacial score (nSPS) is 31.0. The third-order valence-corrected chi connectivity index (χ3v) is 6.36. The van der Waals surface area contributed by atoms with Crippen LogP contribution in [0.25, 0.3) is 0 Å². The number of rotatable bonds is 3. The first-order valence-corrected chi connectivity index (χ1v) is 9.36. The lowest BCUT2D eigenvalue weighted by molar-refractivity contribution is 0.0217. The fraction of sp³-hybridized carbons (Fsp3) is 0.556. The predicted molar refractivity (Wildman–Crippen MR) is 89.6 cm³/mol. The molecule has 5 rings (SSSR count). The highest BCUT2D eigenvalue weighted by molar-refractivity contribution is 9.10. The van der Waals surface area contributed by atoms with E-state index in [2.05, 4.69) is 39.3 Å². The molecule has 3 aliphatic rings. The van der Waals surface area contributed by atoms with E-state index < -0.39 is 0 Å². The monoisotopic (exact) mass is 390 g/mol. The molecule has 1 saturated carbocycles. The summed E-state index contributed by atoms with van der Waals surface area (Å²) in [5, 5.41) is 4.33. The van der Waals surface area contributed by atoms with Crippen molar-refractivity contribution in [1.29, 1.82) is 0 Å². The minimum Gasteiger partial charge on any atom is -0.381 e. The molecule has 6 heteroatoms. The molecule has 1 aromatic heterocycles. The van der Waals surface area contributed by atoms with Crippen molar-refractivity contribution in [3.05, 3.63) is 46.0 Å². The molecule has 3 atom stereocenters. The molecule has 2 aromatic rings. The van der Waals surface area contributed by atoms with Gasteiger partial charge in [-0.3, -0.25) is 0 Å². The quantitative estimate of drug-likeness (QED) is 0.800. The van der Waals surface area contributed by atoms with Crippen molar-refractivity contribution in [3.8, 4) is 0 Å². The van der Waals surface area contributed by atoms with Crippen molar-refractivity contribution in [2.45, 2.75) is 30.8 Å². The van der Waals surface area contributed by atoms with Gasteiger partial charge in [-0.15, -0.1) is 0 Å². The number of hydrogen-bond donors (Lipinski definition) is 0. The number of halogens is 1. The van der Waals surface area contributed by atoms with Crippen LogP contribution in [0.1, 0.15) is 42.6 Å². The van der Waals surface area contributed by atoms with Crippen molar-refractivity contribution < 1.29 is 14.0 Å². The van der Waals surface area contributed by atoms with Gasteiger partial charge in [-0.2, -0.15) is 4.98 Å². The lowest BCUT2D eigenvalue weighted by Gasteiger charge is -2.25. The molecule has 0 unspecified atom stereocenters. The Morgan fingerprint density at radius 3 is 2.88 bits per heavy atom. The lowest BCUT2D eigenvalue weighted by Crippen LogP contribution is -2.27. The molecule has 2 saturated heterocycles. The summed E-state index contributed by atoms with van der Waals surface area (Å²) < 4.78 is 18.3. The van der Waals surface area contributed by atoms with E-state index in [9.17, 15) is 0 Å². The first-order chi connectivity index (χ1) is 11.8. The molecule has 0 spiro atoms. The highest BCUT2D eigenvalue weighted by Crippen LogP contribution is 2.54. The van der Waals surface area contributed by atoms with Gasteiger partial charge in [0.15, 0.2) is 5.82 Å². The second-order valence-electron chi connectivity index (χ2n) is 7.06. The second-order valence-corrected chi connectivity index (χ2v) is 7.91. The minimum absolute atomic E-state index is 0.0739. The van der Waals surface area contributed by atoms with Crippen molar-refractivity contribution in [2.75, 3.05) is 19.8 Å². The maximum absolute atomic E-state index is 5.98. The van der Waals surface area contributed by atoms with Crippen LogP contribution >= 0.6 is 15.9 Å². The van der Waals surface area contributed by atoms with Gasteiger partial charge in [0.1, 0.15) is 6.10 Å². The highest BCUT2D eigenvalue weighted by atomic mass is 79.9. The molecule has 5 nitrogen and oxygen atoms in total. The Morgan fingerprint density at radius 1 is 1.17 bits per heavy atom. The number of benzene rings is 1. The molecule has 3 heterocycles. The number of fused-ring (bicyclic) bond motifs is 1. The van der Waals surface area contributed by atoms with E-state index in [-0.39, 0.29) is 11.5 Å². The Balaban J connectivity index is 1.45. The second kappa shape index (κ2) is 5.64. The van der Waals surface area contributed by atoms with Gasteiger partial charge in [0.2, 0.25) is 0 Å². The van der Waals surface area contributed by atoms with Gasteiger partial charge in [-0.05, 0) is 30.9 Å². The van der Waals surface area contributed by atoms with Crippen LogP contribution in [-0.2, 0) is 14.9 Å². The van der Waals surface area contributed by atoms with Crippen molar-refractivity contribution in [2.24, 2.45) is 11.8 Å². The molecule has 1 aromatic carbocycles. The Hall–Kier alpha value is -1.24. The summed E-state index contributed by atoms with van der Waals surface area (Å²) in [7, 11) is 0. The van der Waals surface area contributed by atoms with Crippen LogP contribution in [0.15, 0.2) is 33.3 Å². The van der Waals surface area contributed by atoms with E-state index in [1.165, 1.54) is 5.56 Å². The van der Waals surface area contributed by atoms with E-state index in [0.29, 0.717) is 17.7 Å². The molecular weight excluding hydrogens is 372 g/mol. The summed E-state index contributed by atoms with van der Waals surface area (Å²) in [6.45, 7) is 2.30. The molecule has 0 bridgehead atoms. The summed E-state index contributed by atoms with van der Waals surface area (Å²) in [5.74, 6) is 2.32. The summed E-state index contributed by atoms with van der Waals surface area (Å²) in [6, 6.07) is 8.31. The molecule has 2 aliphatic heterocycles. The van der Waals surface area contributed by atoms with Gasteiger partial charge in [0, 0.05) is 22.9 Å². The smallest absolute Gasteiger partial charge is 0.256 e. The zero-order valence-electron chi connectivity index (χ0n) is 13.3. The first kappa shape index (κ1) is 15.0. The Morgan fingerprint density at radius 2 is 2.04 bits per heavy atom. The molecule has 1 aliphatic carbocycles. The third kappa shape index (κ3) is 2.27.